The number of phenolic OH excluding ortho intramolecular Hbond substituents is 8. The quantitative estimate of drug-likeness (QED) is 0.159. The Bertz CT molecular complexity index is 1720. The third-order valence-corrected chi connectivity index (χ3v) is 7.67. The van der Waals surface area contributed by atoms with E-state index in [1.54, 1.807) is 0 Å². The predicted octanol–water partition coefficient (Wildman–Crippen LogP) is 3.00. The summed E-state index contributed by atoms with van der Waals surface area (Å²) >= 11 is 0. The molecule has 0 spiro atoms. The van der Waals surface area contributed by atoms with Crippen LogP contribution in [0.3, 0.4) is 0 Å². The van der Waals surface area contributed by atoms with Crippen molar-refractivity contribution in [1.29, 1.82) is 0 Å². The molecule has 2 aliphatic heterocycles. The summed E-state index contributed by atoms with van der Waals surface area (Å²) < 4.78 is 12.1. The number of benzene rings is 4. The molecule has 0 saturated carbocycles. The van der Waals surface area contributed by atoms with Crippen molar-refractivity contribution in [2.75, 3.05) is 0 Å². The Kier molecular flexibility index (Phi) is 6.24. The highest BCUT2D eigenvalue weighted by Crippen LogP contribution is 2.57. The minimum atomic E-state index is -1.59. The van der Waals surface area contributed by atoms with E-state index >= 15 is 0 Å². The second-order valence-corrected chi connectivity index (χ2v) is 10.3. The monoisotopic (exact) mass is 578 g/mol. The Morgan fingerprint density at radius 1 is 0.548 bits per heavy atom. The normalized spacial score (nSPS) is 22.9. The van der Waals surface area contributed by atoms with Crippen LogP contribution in [0, 0.1) is 0 Å². The molecule has 0 amide bonds. The second-order valence-electron chi connectivity index (χ2n) is 10.3. The molecule has 0 fully saturated rings. The minimum Gasteiger partial charge on any atom is -0.508 e. The van der Waals surface area contributed by atoms with Crippen molar-refractivity contribution in [3.05, 3.63) is 82.4 Å². The molecule has 10 N–H and O–H groups in total. The van der Waals surface area contributed by atoms with Gasteiger partial charge in [0.25, 0.3) is 0 Å². The van der Waals surface area contributed by atoms with Crippen LogP contribution >= 0.6 is 0 Å². The zero-order valence-corrected chi connectivity index (χ0v) is 21.6. The molecule has 0 aromatic heterocycles. The molecule has 0 saturated heterocycles. The van der Waals surface area contributed by atoms with Gasteiger partial charge in [-0.15, -0.1) is 0 Å². The van der Waals surface area contributed by atoms with Gasteiger partial charge < -0.3 is 60.5 Å². The van der Waals surface area contributed by atoms with Crippen LogP contribution < -0.4 is 9.47 Å². The zero-order valence-electron chi connectivity index (χ0n) is 21.6. The van der Waals surface area contributed by atoms with Gasteiger partial charge in [0.2, 0.25) is 0 Å². The highest BCUT2D eigenvalue weighted by atomic mass is 16.5. The van der Waals surface area contributed by atoms with Gasteiger partial charge in [-0.05, 0) is 35.4 Å². The van der Waals surface area contributed by atoms with Crippen molar-refractivity contribution in [1.82, 2.24) is 0 Å². The highest BCUT2D eigenvalue weighted by Gasteiger charge is 2.46. The van der Waals surface area contributed by atoms with Crippen molar-refractivity contribution in [3.8, 4) is 57.5 Å². The maximum Gasteiger partial charge on any atom is 0.157 e. The summed E-state index contributed by atoms with van der Waals surface area (Å²) in [6.07, 6.45) is -5.43. The van der Waals surface area contributed by atoms with Crippen molar-refractivity contribution in [3.63, 3.8) is 0 Å². The molecule has 4 aromatic rings. The molecular formula is C30H26O12. The maximum atomic E-state index is 11.8. The first-order valence-corrected chi connectivity index (χ1v) is 12.8. The highest BCUT2D eigenvalue weighted by molar-refractivity contribution is 5.65. The largest absolute Gasteiger partial charge is 0.508 e. The van der Waals surface area contributed by atoms with E-state index in [1.807, 2.05) is 0 Å². The van der Waals surface area contributed by atoms with Gasteiger partial charge in [0, 0.05) is 41.3 Å². The summed E-state index contributed by atoms with van der Waals surface area (Å²) in [5.41, 5.74) is 0.435. The van der Waals surface area contributed by atoms with Gasteiger partial charge in [-0.2, -0.15) is 0 Å². The number of aromatic hydroxyl groups is 8. The first-order chi connectivity index (χ1) is 19.9. The molecule has 12 heteroatoms. The second kappa shape index (κ2) is 9.72. The van der Waals surface area contributed by atoms with Crippen LogP contribution in [-0.4, -0.2) is 63.3 Å². The number of rotatable bonds is 3. The van der Waals surface area contributed by atoms with Crippen molar-refractivity contribution in [2.24, 2.45) is 0 Å². The summed E-state index contributed by atoms with van der Waals surface area (Å²) in [6, 6.07) is 10.8. The van der Waals surface area contributed by atoms with Gasteiger partial charge in [0.05, 0.1) is 12.0 Å². The molecule has 4 aromatic carbocycles. The van der Waals surface area contributed by atoms with Crippen molar-refractivity contribution < 1.29 is 60.5 Å². The third kappa shape index (κ3) is 4.24. The van der Waals surface area contributed by atoms with Crippen LogP contribution in [0.15, 0.2) is 54.6 Å². The standard InChI is InChI=1S/C30H26O12/c31-13-7-20(37)24-23(8-13)41-29(12-2-4-16(33)19(36)6-12)27(40)26(24)25-21(38)10-17(34)14-9-22(39)28(42-30(14)25)11-1-3-15(32)18(35)5-11/h1-8,10,22,26-29,31-40H,9H2/t22?,26-,27?,28?,29?/m1/s1. The molecule has 12 nitrogen and oxygen atoms in total. The van der Waals surface area contributed by atoms with E-state index in [-0.39, 0.29) is 51.5 Å². The lowest BCUT2D eigenvalue weighted by Gasteiger charge is -2.40. The van der Waals surface area contributed by atoms with Crippen molar-refractivity contribution in [2.45, 2.75) is 36.8 Å². The Labute approximate surface area is 237 Å². The summed E-state index contributed by atoms with van der Waals surface area (Å²) in [4.78, 5) is 0. The van der Waals surface area contributed by atoms with Gasteiger partial charge in [0.15, 0.2) is 29.1 Å². The summed E-state index contributed by atoms with van der Waals surface area (Å²) in [6.45, 7) is 0. The Balaban J connectivity index is 1.55. The number of hydrogen-bond acceptors (Lipinski definition) is 12. The van der Waals surface area contributed by atoms with Crippen LogP contribution in [0.2, 0.25) is 0 Å². The lowest BCUT2D eigenvalue weighted by molar-refractivity contribution is 0.00115. The lowest BCUT2D eigenvalue weighted by Crippen LogP contribution is -2.36. The molecule has 2 aliphatic rings. The van der Waals surface area contributed by atoms with E-state index in [0.717, 1.165) is 12.1 Å². The van der Waals surface area contributed by atoms with Gasteiger partial charge >= 0.3 is 0 Å². The van der Waals surface area contributed by atoms with Gasteiger partial charge in [-0.25, -0.2) is 0 Å². The molecule has 6 rings (SSSR count). The fourth-order valence-electron chi connectivity index (χ4n) is 5.71. The Morgan fingerprint density at radius 2 is 1.14 bits per heavy atom. The zero-order chi connectivity index (χ0) is 30.0. The number of fused-ring (bicyclic) bond motifs is 2. The van der Waals surface area contributed by atoms with Crippen LogP contribution in [0.5, 0.6) is 57.5 Å². The summed E-state index contributed by atoms with van der Waals surface area (Å²) in [5.74, 6) is -5.08. The van der Waals surface area contributed by atoms with Crippen LogP contribution in [0.25, 0.3) is 0 Å². The molecule has 0 bridgehead atoms. The molecule has 0 aliphatic carbocycles. The molecule has 4 unspecified atom stereocenters. The fraction of sp³-hybridized carbons (Fsp3) is 0.200. The maximum absolute atomic E-state index is 11.8. The average Bonchev–Trinajstić information content (AvgIpc) is 2.93. The van der Waals surface area contributed by atoms with Gasteiger partial charge in [-0.3, -0.25) is 0 Å². The topological polar surface area (TPSA) is 221 Å². The smallest absolute Gasteiger partial charge is 0.157 e. The Morgan fingerprint density at radius 3 is 1.76 bits per heavy atom. The van der Waals surface area contributed by atoms with Gasteiger partial charge in [0.1, 0.15) is 46.7 Å². The SMILES string of the molecule is Oc1cc(O)c2c(c1)OC(c1ccc(O)c(O)c1)C(O)[C@H]2c1c(O)cc(O)c2c1OC(c1ccc(O)c(O)c1)C(O)C2. The molecule has 5 atom stereocenters. The van der Waals surface area contributed by atoms with E-state index in [2.05, 4.69) is 0 Å². The van der Waals surface area contributed by atoms with E-state index in [9.17, 15) is 51.1 Å². The number of aliphatic hydroxyl groups excluding tert-OH is 2. The van der Waals surface area contributed by atoms with E-state index in [1.165, 1.54) is 42.5 Å². The third-order valence-electron chi connectivity index (χ3n) is 7.67. The van der Waals surface area contributed by atoms with E-state index < -0.39 is 70.6 Å². The number of hydrogen-bond donors (Lipinski definition) is 10. The number of phenols is 8. The Hall–Kier alpha value is -5.20. The number of aliphatic hydroxyl groups is 2. The number of ether oxygens (including phenoxy) is 2. The van der Waals surface area contributed by atoms with Crippen LogP contribution in [-0.2, 0) is 6.42 Å². The molecule has 0 radical (unpaired) electrons. The molecule has 2 heterocycles. The van der Waals surface area contributed by atoms with Crippen molar-refractivity contribution >= 4 is 0 Å². The van der Waals surface area contributed by atoms with Crippen LogP contribution in [0.4, 0.5) is 0 Å². The van der Waals surface area contributed by atoms with E-state index in [4.69, 9.17) is 9.47 Å². The minimum absolute atomic E-state index is 0.0312. The van der Waals surface area contributed by atoms with E-state index in [0.29, 0.717) is 0 Å². The molecule has 218 valence electrons. The molecule has 42 heavy (non-hydrogen) atoms. The molecular weight excluding hydrogens is 552 g/mol. The first-order valence-electron chi connectivity index (χ1n) is 12.8. The average molecular weight is 579 g/mol. The van der Waals surface area contributed by atoms with Crippen LogP contribution in [0.1, 0.15) is 45.9 Å². The lowest BCUT2D eigenvalue weighted by atomic mass is 9.77. The predicted molar refractivity (Wildman–Crippen MR) is 143 cm³/mol. The first kappa shape index (κ1) is 27.0. The summed E-state index contributed by atoms with van der Waals surface area (Å²) in [7, 11) is 0. The summed E-state index contributed by atoms with van der Waals surface area (Å²) in [5, 5.41) is 105. The van der Waals surface area contributed by atoms with Gasteiger partial charge in [-0.1, -0.05) is 12.1 Å². The fourth-order valence-corrected chi connectivity index (χ4v) is 5.71.